The highest BCUT2D eigenvalue weighted by molar-refractivity contribution is 7.99. The molecule has 0 N–H and O–H groups in total. The van der Waals surface area contributed by atoms with Gasteiger partial charge >= 0.3 is 0 Å². The number of amides is 1. The van der Waals surface area contributed by atoms with E-state index >= 15 is 0 Å². The predicted molar refractivity (Wildman–Crippen MR) is 132 cm³/mol. The second-order valence-corrected chi connectivity index (χ2v) is 10.2. The summed E-state index contributed by atoms with van der Waals surface area (Å²) in [6.45, 7) is 0. The van der Waals surface area contributed by atoms with Crippen molar-refractivity contribution in [3.63, 3.8) is 0 Å². The molecule has 2 saturated carbocycles. The van der Waals surface area contributed by atoms with Crippen molar-refractivity contribution in [2.75, 3.05) is 12.8 Å². The second-order valence-electron chi connectivity index (χ2n) is 8.86. The zero-order valence-corrected chi connectivity index (χ0v) is 20.6. The van der Waals surface area contributed by atoms with Gasteiger partial charge in [-0.1, -0.05) is 41.6 Å². The summed E-state index contributed by atoms with van der Waals surface area (Å²) in [6.07, 6.45) is 8.35. The second kappa shape index (κ2) is 9.50. The maximum atomic E-state index is 13.5. The number of thioether (sulfide) groups is 1. The van der Waals surface area contributed by atoms with Gasteiger partial charge < -0.3 is 4.90 Å². The SMILES string of the molecule is CN(C(=O)CSc1nnc(-c2ccncc2)n1C1CC1)[C@]1(c2ccccc2Cl)CCCCC1=O. The molecule has 2 heterocycles. The third-order valence-electron chi connectivity index (χ3n) is 6.76. The molecule has 2 aliphatic carbocycles. The van der Waals surface area contributed by atoms with Crippen LogP contribution in [-0.2, 0) is 15.1 Å². The van der Waals surface area contributed by atoms with E-state index < -0.39 is 5.54 Å². The molecule has 2 aromatic heterocycles. The molecule has 9 heteroatoms. The number of rotatable bonds is 7. The van der Waals surface area contributed by atoms with Gasteiger partial charge in [0, 0.05) is 48.1 Å². The van der Waals surface area contributed by atoms with Crippen molar-refractivity contribution in [3.05, 3.63) is 59.4 Å². The van der Waals surface area contributed by atoms with Crippen molar-refractivity contribution in [1.29, 1.82) is 0 Å². The van der Waals surface area contributed by atoms with Crippen molar-refractivity contribution in [3.8, 4) is 11.4 Å². The fourth-order valence-corrected chi connectivity index (χ4v) is 6.01. The lowest BCUT2D eigenvalue weighted by Gasteiger charge is -2.44. The van der Waals surface area contributed by atoms with Crippen LogP contribution in [0.15, 0.2) is 53.9 Å². The first-order valence-electron chi connectivity index (χ1n) is 11.6. The average Bonchev–Trinajstić information content (AvgIpc) is 3.62. The number of nitrogens with zero attached hydrogens (tertiary/aromatic N) is 5. The number of benzene rings is 1. The molecule has 34 heavy (non-hydrogen) atoms. The number of hydrogen-bond acceptors (Lipinski definition) is 6. The predicted octanol–water partition coefficient (Wildman–Crippen LogP) is 4.92. The highest BCUT2D eigenvalue weighted by atomic mass is 35.5. The Bertz CT molecular complexity index is 1210. The number of aromatic nitrogens is 4. The van der Waals surface area contributed by atoms with E-state index in [9.17, 15) is 9.59 Å². The molecule has 1 amide bonds. The Morgan fingerprint density at radius 2 is 1.94 bits per heavy atom. The van der Waals surface area contributed by atoms with E-state index in [1.807, 2.05) is 30.3 Å². The van der Waals surface area contributed by atoms with Crippen LogP contribution < -0.4 is 0 Å². The topological polar surface area (TPSA) is 81.0 Å². The molecule has 176 valence electrons. The maximum absolute atomic E-state index is 13.5. The minimum Gasteiger partial charge on any atom is -0.328 e. The number of likely N-dealkylation sites (N-methyl/N-ethyl adjacent to an activating group) is 1. The Morgan fingerprint density at radius 1 is 1.18 bits per heavy atom. The summed E-state index contributed by atoms with van der Waals surface area (Å²) in [4.78, 5) is 32.5. The Balaban J connectivity index is 1.40. The standard InChI is InChI=1S/C25H26ClN5O2S/c1-30(25(13-5-4-8-21(25)32)19-6-2-3-7-20(19)26)22(33)16-34-24-29-28-23(31(24)18-9-10-18)17-11-14-27-15-12-17/h2-3,6-7,11-12,14-15,18H,4-5,8-10,13,16H2,1H3/t25-/m0/s1. The first-order valence-corrected chi connectivity index (χ1v) is 12.9. The van der Waals surface area contributed by atoms with Crippen LogP contribution in [0.25, 0.3) is 11.4 Å². The van der Waals surface area contributed by atoms with E-state index in [4.69, 9.17) is 11.6 Å². The number of Topliss-reactive ketones (excluding diaryl/α,β-unsaturated/α-hetero) is 1. The molecule has 3 aromatic rings. The third kappa shape index (κ3) is 4.14. The van der Waals surface area contributed by atoms with E-state index in [2.05, 4.69) is 19.7 Å². The molecule has 2 aliphatic rings. The Labute approximate surface area is 207 Å². The number of carbonyl (C=O) groups excluding carboxylic acids is 2. The first kappa shape index (κ1) is 23.1. The van der Waals surface area contributed by atoms with Crippen molar-refractivity contribution >= 4 is 35.1 Å². The van der Waals surface area contributed by atoms with Crippen molar-refractivity contribution in [2.24, 2.45) is 0 Å². The van der Waals surface area contributed by atoms with Gasteiger partial charge in [-0.3, -0.25) is 19.1 Å². The third-order valence-corrected chi connectivity index (χ3v) is 8.02. The maximum Gasteiger partial charge on any atom is 0.233 e. The number of pyridine rings is 1. The van der Waals surface area contributed by atoms with Crippen molar-refractivity contribution in [1.82, 2.24) is 24.6 Å². The summed E-state index contributed by atoms with van der Waals surface area (Å²) in [6, 6.07) is 11.5. The normalized spacial score (nSPS) is 20.4. The molecule has 2 fully saturated rings. The molecule has 0 aliphatic heterocycles. The lowest BCUT2D eigenvalue weighted by Crippen LogP contribution is -2.54. The van der Waals surface area contributed by atoms with Gasteiger partial charge in [-0.15, -0.1) is 10.2 Å². The van der Waals surface area contributed by atoms with Gasteiger partial charge in [0.05, 0.1) is 5.75 Å². The summed E-state index contributed by atoms with van der Waals surface area (Å²) in [5.74, 6) is 0.880. The zero-order chi connectivity index (χ0) is 23.7. The molecule has 0 unspecified atom stereocenters. The Kier molecular flexibility index (Phi) is 6.44. The minimum atomic E-state index is -1.03. The fraction of sp³-hybridized carbons (Fsp3) is 0.400. The molecule has 5 rings (SSSR count). The average molecular weight is 496 g/mol. The number of carbonyl (C=O) groups is 2. The van der Waals surface area contributed by atoms with Gasteiger partial charge in [-0.2, -0.15) is 0 Å². The summed E-state index contributed by atoms with van der Waals surface area (Å²) in [5.41, 5.74) is 0.638. The number of halogens is 1. The Morgan fingerprint density at radius 3 is 2.65 bits per heavy atom. The van der Waals surface area contributed by atoms with E-state index in [0.717, 1.165) is 42.2 Å². The van der Waals surface area contributed by atoms with Crippen molar-refractivity contribution in [2.45, 2.75) is 55.3 Å². The molecular formula is C25H26ClN5O2S. The van der Waals surface area contributed by atoms with E-state index in [-0.39, 0.29) is 17.4 Å². The van der Waals surface area contributed by atoms with Gasteiger partial charge in [0.25, 0.3) is 0 Å². The molecule has 0 radical (unpaired) electrons. The van der Waals surface area contributed by atoms with Gasteiger partial charge in [0.15, 0.2) is 16.8 Å². The number of hydrogen-bond donors (Lipinski definition) is 0. The Hall–Kier alpha value is -2.71. The first-order chi connectivity index (χ1) is 16.5. The quantitative estimate of drug-likeness (QED) is 0.433. The molecule has 0 spiro atoms. The lowest BCUT2D eigenvalue weighted by molar-refractivity contribution is -0.146. The fourth-order valence-electron chi connectivity index (χ4n) is 4.80. The summed E-state index contributed by atoms with van der Waals surface area (Å²) in [7, 11) is 1.73. The van der Waals surface area contributed by atoms with E-state index in [1.54, 1.807) is 30.4 Å². The smallest absolute Gasteiger partial charge is 0.233 e. The number of ketones is 1. The van der Waals surface area contributed by atoms with Crippen LogP contribution in [0.3, 0.4) is 0 Å². The monoisotopic (exact) mass is 495 g/mol. The highest BCUT2D eigenvalue weighted by Crippen LogP contribution is 2.43. The van der Waals surface area contributed by atoms with Crippen LogP contribution in [-0.4, -0.2) is 49.1 Å². The molecule has 0 saturated heterocycles. The summed E-state index contributed by atoms with van der Waals surface area (Å²) in [5, 5.41) is 10.0. The lowest BCUT2D eigenvalue weighted by atomic mass is 9.74. The molecular weight excluding hydrogens is 470 g/mol. The summed E-state index contributed by atoms with van der Waals surface area (Å²) < 4.78 is 2.13. The zero-order valence-electron chi connectivity index (χ0n) is 19.0. The van der Waals surface area contributed by atoms with Crippen LogP contribution in [0, 0.1) is 0 Å². The van der Waals surface area contributed by atoms with Gasteiger partial charge in [0.1, 0.15) is 5.54 Å². The van der Waals surface area contributed by atoms with E-state index in [0.29, 0.717) is 29.5 Å². The van der Waals surface area contributed by atoms with E-state index in [1.165, 1.54) is 11.8 Å². The van der Waals surface area contributed by atoms with Gasteiger partial charge in [-0.25, -0.2) is 0 Å². The molecule has 1 atom stereocenters. The van der Waals surface area contributed by atoms with Crippen LogP contribution in [0.1, 0.15) is 50.1 Å². The summed E-state index contributed by atoms with van der Waals surface area (Å²) >= 11 is 7.91. The molecule has 1 aromatic carbocycles. The molecule has 0 bridgehead atoms. The highest BCUT2D eigenvalue weighted by Gasteiger charge is 2.47. The largest absolute Gasteiger partial charge is 0.328 e. The van der Waals surface area contributed by atoms with Crippen LogP contribution in [0.5, 0.6) is 0 Å². The minimum absolute atomic E-state index is 0.0498. The van der Waals surface area contributed by atoms with Crippen molar-refractivity contribution < 1.29 is 9.59 Å². The molecule has 7 nitrogen and oxygen atoms in total. The van der Waals surface area contributed by atoms with Gasteiger partial charge in [-0.05, 0) is 50.3 Å². The van der Waals surface area contributed by atoms with Crippen LogP contribution in [0.2, 0.25) is 5.02 Å². The van der Waals surface area contributed by atoms with Crippen LogP contribution in [0.4, 0.5) is 0 Å². The van der Waals surface area contributed by atoms with Crippen LogP contribution >= 0.6 is 23.4 Å². The van der Waals surface area contributed by atoms with Gasteiger partial charge in [0.2, 0.25) is 5.91 Å².